The van der Waals surface area contributed by atoms with Gasteiger partial charge in [-0.1, -0.05) is 6.07 Å². The van der Waals surface area contributed by atoms with Gasteiger partial charge in [-0.25, -0.2) is 0 Å². The molecule has 0 amide bonds. The highest BCUT2D eigenvalue weighted by Gasteiger charge is 2.16. The van der Waals surface area contributed by atoms with Crippen molar-refractivity contribution in [3.05, 3.63) is 23.6 Å². The zero-order valence-corrected chi connectivity index (χ0v) is 11.1. The fourth-order valence-corrected chi connectivity index (χ4v) is 2.85. The molecule has 0 aromatic carbocycles. The molecule has 4 nitrogen and oxygen atoms in total. The van der Waals surface area contributed by atoms with Crippen LogP contribution in [0.5, 0.6) is 6.01 Å². The molecule has 0 spiro atoms. The minimum absolute atomic E-state index is 0.447. The van der Waals surface area contributed by atoms with Gasteiger partial charge in [-0.3, -0.25) is 0 Å². The predicted octanol–water partition coefficient (Wildman–Crippen LogP) is 2.81. The van der Waals surface area contributed by atoms with Crippen LogP contribution in [-0.2, 0) is 0 Å². The van der Waals surface area contributed by atoms with E-state index in [0.29, 0.717) is 6.01 Å². The summed E-state index contributed by atoms with van der Waals surface area (Å²) in [5.74, 6) is 0.975. The fraction of sp³-hybridized carbons (Fsp3) is 0.385. The van der Waals surface area contributed by atoms with E-state index < -0.39 is 0 Å². The standard InChI is InChI=1S/C13H15N3OS/c1-17-13-14-10(11-5-4-8-18-11)9-12(15-13)16-6-2-3-7-16/h4-5,8-9H,2-3,6-7H2,1H3. The number of thiophene rings is 1. The van der Waals surface area contributed by atoms with Gasteiger partial charge in [-0.2, -0.15) is 9.97 Å². The molecule has 94 valence electrons. The molecule has 3 heterocycles. The molecule has 0 bridgehead atoms. The van der Waals surface area contributed by atoms with Gasteiger partial charge in [0, 0.05) is 19.2 Å². The lowest BCUT2D eigenvalue weighted by atomic mass is 10.3. The number of aromatic nitrogens is 2. The average molecular weight is 261 g/mol. The Labute approximate surface area is 110 Å². The maximum Gasteiger partial charge on any atom is 0.318 e. The summed E-state index contributed by atoms with van der Waals surface area (Å²) in [6.45, 7) is 2.15. The molecular formula is C13H15N3OS. The highest BCUT2D eigenvalue weighted by Crippen LogP contribution is 2.28. The molecule has 3 rings (SSSR count). The molecule has 1 aliphatic heterocycles. The van der Waals surface area contributed by atoms with Crippen LogP contribution < -0.4 is 9.64 Å². The van der Waals surface area contributed by atoms with Gasteiger partial charge in [0.15, 0.2) is 0 Å². The predicted molar refractivity (Wildman–Crippen MR) is 73.3 cm³/mol. The third-order valence-corrected chi connectivity index (χ3v) is 3.97. The maximum atomic E-state index is 5.21. The van der Waals surface area contributed by atoms with E-state index in [4.69, 9.17) is 4.74 Å². The molecule has 0 unspecified atom stereocenters. The summed E-state index contributed by atoms with van der Waals surface area (Å²) in [4.78, 5) is 12.3. The van der Waals surface area contributed by atoms with Crippen LogP contribution in [0.15, 0.2) is 23.6 Å². The van der Waals surface area contributed by atoms with Crippen molar-refractivity contribution in [1.82, 2.24) is 9.97 Å². The Kier molecular flexibility index (Phi) is 3.15. The number of rotatable bonds is 3. The van der Waals surface area contributed by atoms with E-state index in [0.717, 1.165) is 29.5 Å². The second-order valence-electron chi connectivity index (χ2n) is 4.27. The highest BCUT2D eigenvalue weighted by molar-refractivity contribution is 7.13. The summed E-state index contributed by atoms with van der Waals surface area (Å²) >= 11 is 1.68. The van der Waals surface area contributed by atoms with Crippen molar-refractivity contribution in [2.75, 3.05) is 25.1 Å². The molecule has 1 aliphatic rings. The Morgan fingerprint density at radius 2 is 2.11 bits per heavy atom. The van der Waals surface area contributed by atoms with Crippen molar-refractivity contribution < 1.29 is 4.74 Å². The van der Waals surface area contributed by atoms with Gasteiger partial charge in [-0.15, -0.1) is 11.3 Å². The third kappa shape index (κ3) is 2.18. The van der Waals surface area contributed by atoms with E-state index in [2.05, 4.69) is 32.4 Å². The van der Waals surface area contributed by atoms with Crippen LogP contribution in [0.2, 0.25) is 0 Å². The first-order valence-corrected chi connectivity index (χ1v) is 6.97. The van der Waals surface area contributed by atoms with Crippen molar-refractivity contribution >= 4 is 17.2 Å². The van der Waals surface area contributed by atoms with Gasteiger partial charge in [0.25, 0.3) is 0 Å². The largest absolute Gasteiger partial charge is 0.467 e. The van der Waals surface area contributed by atoms with Gasteiger partial charge < -0.3 is 9.64 Å². The summed E-state index contributed by atoms with van der Waals surface area (Å²) in [6.07, 6.45) is 2.47. The Bertz CT molecular complexity index is 521. The SMILES string of the molecule is COc1nc(-c2cccs2)cc(N2CCCC2)n1. The summed E-state index contributed by atoms with van der Waals surface area (Å²) < 4.78 is 5.21. The zero-order chi connectivity index (χ0) is 12.4. The minimum Gasteiger partial charge on any atom is -0.467 e. The molecule has 0 N–H and O–H groups in total. The average Bonchev–Trinajstić information content (AvgIpc) is 3.10. The summed E-state index contributed by atoms with van der Waals surface area (Å²) in [6, 6.07) is 6.60. The molecule has 0 atom stereocenters. The quantitative estimate of drug-likeness (QED) is 0.851. The lowest BCUT2D eigenvalue weighted by molar-refractivity contribution is 0.380. The Hall–Kier alpha value is -1.62. The van der Waals surface area contributed by atoms with Crippen LogP contribution in [0.4, 0.5) is 5.82 Å². The number of anilines is 1. The van der Waals surface area contributed by atoms with Crippen LogP contribution >= 0.6 is 11.3 Å². The zero-order valence-electron chi connectivity index (χ0n) is 10.3. The molecule has 0 aliphatic carbocycles. The number of ether oxygens (including phenoxy) is 1. The van der Waals surface area contributed by atoms with Crippen LogP contribution in [-0.4, -0.2) is 30.2 Å². The lowest BCUT2D eigenvalue weighted by Crippen LogP contribution is -2.19. The van der Waals surface area contributed by atoms with Gasteiger partial charge in [0.2, 0.25) is 0 Å². The van der Waals surface area contributed by atoms with Crippen molar-refractivity contribution in [1.29, 1.82) is 0 Å². The summed E-state index contributed by atoms with van der Waals surface area (Å²) in [5.41, 5.74) is 0.943. The number of nitrogens with zero attached hydrogens (tertiary/aromatic N) is 3. The first kappa shape index (κ1) is 11.5. The van der Waals surface area contributed by atoms with Gasteiger partial charge >= 0.3 is 6.01 Å². The molecule has 0 radical (unpaired) electrons. The molecule has 2 aromatic heterocycles. The maximum absolute atomic E-state index is 5.21. The van der Waals surface area contributed by atoms with E-state index in [1.807, 2.05) is 6.07 Å². The lowest BCUT2D eigenvalue weighted by Gasteiger charge is -2.17. The highest BCUT2D eigenvalue weighted by atomic mass is 32.1. The van der Waals surface area contributed by atoms with Crippen LogP contribution in [0.25, 0.3) is 10.6 Å². The van der Waals surface area contributed by atoms with E-state index in [1.165, 1.54) is 12.8 Å². The first-order valence-electron chi connectivity index (χ1n) is 6.09. The Morgan fingerprint density at radius 1 is 1.28 bits per heavy atom. The van der Waals surface area contributed by atoms with E-state index in [1.54, 1.807) is 18.4 Å². The van der Waals surface area contributed by atoms with E-state index in [-0.39, 0.29) is 0 Å². The fourth-order valence-electron chi connectivity index (χ4n) is 2.16. The monoisotopic (exact) mass is 261 g/mol. The third-order valence-electron chi connectivity index (χ3n) is 3.08. The van der Waals surface area contributed by atoms with Crippen molar-refractivity contribution in [2.24, 2.45) is 0 Å². The summed E-state index contributed by atoms with van der Waals surface area (Å²) in [5, 5.41) is 2.06. The van der Waals surface area contributed by atoms with Crippen molar-refractivity contribution in [2.45, 2.75) is 12.8 Å². The Balaban J connectivity index is 2.01. The second-order valence-corrected chi connectivity index (χ2v) is 5.22. The first-order chi connectivity index (χ1) is 8.86. The van der Waals surface area contributed by atoms with Crippen LogP contribution in [0.1, 0.15) is 12.8 Å². The number of hydrogen-bond donors (Lipinski definition) is 0. The molecule has 1 saturated heterocycles. The minimum atomic E-state index is 0.447. The van der Waals surface area contributed by atoms with Crippen molar-refractivity contribution in [3.63, 3.8) is 0 Å². The Morgan fingerprint density at radius 3 is 2.78 bits per heavy atom. The van der Waals surface area contributed by atoms with Gasteiger partial charge in [0.05, 0.1) is 17.7 Å². The topological polar surface area (TPSA) is 38.2 Å². The normalized spacial score (nSPS) is 15.1. The molecule has 5 heteroatoms. The molecule has 2 aromatic rings. The van der Waals surface area contributed by atoms with E-state index in [9.17, 15) is 0 Å². The number of hydrogen-bond acceptors (Lipinski definition) is 5. The smallest absolute Gasteiger partial charge is 0.318 e. The van der Waals surface area contributed by atoms with Gasteiger partial charge in [0.1, 0.15) is 5.82 Å². The number of methoxy groups -OCH3 is 1. The molecule has 18 heavy (non-hydrogen) atoms. The van der Waals surface area contributed by atoms with E-state index >= 15 is 0 Å². The molecular weight excluding hydrogens is 246 g/mol. The van der Waals surface area contributed by atoms with Gasteiger partial charge in [-0.05, 0) is 24.3 Å². The van der Waals surface area contributed by atoms with Crippen LogP contribution in [0.3, 0.4) is 0 Å². The molecule has 1 fully saturated rings. The summed E-state index contributed by atoms with van der Waals surface area (Å²) in [7, 11) is 1.61. The second kappa shape index (κ2) is 4.94. The van der Waals surface area contributed by atoms with Crippen LogP contribution in [0, 0.1) is 0 Å². The van der Waals surface area contributed by atoms with Crippen molar-refractivity contribution in [3.8, 4) is 16.6 Å². The molecule has 0 saturated carbocycles.